The number of carboxylic acids is 1. The molecule has 6 heteroatoms. The molecular formula is C14H16N2O3S. The van der Waals surface area contributed by atoms with Gasteiger partial charge in [0.15, 0.2) is 0 Å². The Kier molecular flexibility index (Phi) is 4.81. The van der Waals surface area contributed by atoms with Crippen molar-refractivity contribution in [3.8, 4) is 0 Å². The van der Waals surface area contributed by atoms with Crippen LogP contribution in [-0.2, 0) is 11.3 Å². The quantitative estimate of drug-likeness (QED) is 0.826. The fourth-order valence-electron chi connectivity index (χ4n) is 2.06. The Labute approximate surface area is 121 Å². The lowest BCUT2D eigenvalue weighted by molar-refractivity contribution is -0.143. The first kappa shape index (κ1) is 14.6. The SMILES string of the molecule is CSc1cccc([C@H](C(=O)O)N(C)Cc2ccon2)c1. The number of carbonyl (C=O) groups is 1. The molecule has 0 radical (unpaired) electrons. The monoisotopic (exact) mass is 292 g/mol. The van der Waals surface area contributed by atoms with E-state index in [1.807, 2.05) is 30.5 Å². The summed E-state index contributed by atoms with van der Waals surface area (Å²) in [6.45, 7) is 0.414. The summed E-state index contributed by atoms with van der Waals surface area (Å²) in [5.74, 6) is -0.880. The number of nitrogens with zero attached hydrogens (tertiary/aromatic N) is 2. The van der Waals surface area contributed by atoms with Gasteiger partial charge in [-0.05, 0) is 31.0 Å². The number of aliphatic carboxylic acids is 1. The van der Waals surface area contributed by atoms with E-state index >= 15 is 0 Å². The van der Waals surface area contributed by atoms with Crippen molar-refractivity contribution in [3.05, 3.63) is 47.9 Å². The number of thioether (sulfide) groups is 1. The molecule has 1 N–H and O–H groups in total. The maximum atomic E-state index is 11.6. The smallest absolute Gasteiger partial charge is 0.325 e. The van der Waals surface area contributed by atoms with Gasteiger partial charge in [0.2, 0.25) is 0 Å². The Hall–Kier alpha value is -1.79. The van der Waals surface area contributed by atoms with E-state index in [1.54, 1.807) is 29.8 Å². The molecule has 0 saturated carbocycles. The highest BCUT2D eigenvalue weighted by Gasteiger charge is 2.25. The van der Waals surface area contributed by atoms with Crippen molar-refractivity contribution in [2.45, 2.75) is 17.5 Å². The number of hydrogen-bond donors (Lipinski definition) is 1. The van der Waals surface area contributed by atoms with Crippen LogP contribution in [0.3, 0.4) is 0 Å². The van der Waals surface area contributed by atoms with E-state index in [0.29, 0.717) is 12.2 Å². The molecule has 1 atom stereocenters. The number of aromatic nitrogens is 1. The molecule has 1 aromatic heterocycles. The minimum absolute atomic E-state index is 0.414. The molecule has 0 aliphatic carbocycles. The lowest BCUT2D eigenvalue weighted by Crippen LogP contribution is -2.30. The Bertz CT molecular complexity index is 572. The van der Waals surface area contributed by atoms with Crippen molar-refractivity contribution >= 4 is 17.7 Å². The molecule has 0 aliphatic rings. The first-order chi connectivity index (χ1) is 9.61. The van der Waals surface area contributed by atoms with E-state index in [2.05, 4.69) is 5.16 Å². The summed E-state index contributed by atoms with van der Waals surface area (Å²) >= 11 is 1.59. The summed E-state index contributed by atoms with van der Waals surface area (Å²) in [5.41, 5.74) is 1.47. The van der Waals surface area contributed by atoms with Crippen molar-refractivity contribution < 1.29 is 14.4 Å². The Morgan fingerprint density at radius 1 is 1.50 bits per heavy atom. The molecule has 0 saturated heterocycles. The topological polar surface area (TPSA) is 66.6 Å². The molecule has 1 heterocycles. The Morgan fingerprint density at radius 2 is 2.30 bits per heavy atom. The lowest BCUT2D eigenvalue weighted by Gasteiger charge is -2.24. The molecule has 0 fully saturated rings. The standard InChI is InChI=1S/C14H16N2O3S/c1-16(9-11-6-7-19-15-11)13(14(17)18)10-4-3-5-12(8-10)20-2/h3-8,13H,9H2,1-2H3,(H,17,18)/t13-/m1/s1. The molecule has 20 heavy (non-hydrogen) atoms. The van der Waals surface area contributed by atoms with Gasteiger partial charge in [-0.3, -0.25) is 9.69 Å². The van der Waals surface area contributed by atoms with Gasteiger partial charge in [0.25, 0.3) is 0 Å². The molecule has 1 aromatic carbocycles. The van der Waals surface area contributed by atoms with E-state index < -0.39 is 12.0 Å². The summed E-state index contributed by atoms with van der Waals surface area (Å²) < 4.78 is 4.77. The minimum Gasteiger partial charge on any atom is -0.480 e. The predicted molar refractivity (Wildman–Crippen MR) is 76.6 cm³/mol. The molecule has 0 amide bonds. The summed E-state index contributed by atoms with van der Waals surface area (Å²) in [4.78, 5) is 14.4. The van der Waals surface area contributed by atoms with E-state index in [4.69, 9.17) is 4.52 Å². The number of carboxylic acid groups (broad SMARTS) is 1. The summed E-state index contributed by atoms with van der Waals surface area (Å²) in [6.07, 6.45) is 3.45. The molecule has 2 rings (SSSR count). The highest BCUT2D eigenvalue weighted by Crippen LogP contribution is 2.25. The van der Waals surface area contributed by atoms with Crippen LogP contribution >= 0.6 is 11.8 Å². The Balaban J connectivity index is 2.23. The normalized spacial score (nSPS) is 12.6. The van der Waals surface area contributed by atoms with Gasteiger partial charge in [0.1, 0.15) is 12.3 Å². The second-order valence-corrected chi connectivity index (χ2v) is 5.30. The van der Waals surface area contributed by atoms with Crippen LogP contribution in [0.1, 0.15) is 17.3 Å². The van der Waals surface area contributed by atoms with Gasteiger partial charge in [0, 0.05) is 17.5 Å². The molecule has 0 spiro atoms. The minimum atomic E-state index is -0.880. The van der Waals surface area contributed by atoms with E-state index in [0.717, 1.165) is 10.5 Å². The predicted octanol–water partition coefficient (Wildman–Crippen LogP) is 2.65. The highest BCUT2D eigenvalue weighted by molar-refractivity contribution is 7.98. The van der Waals surface area contributed by atoms with Gasteiger partial charge in [-0.25, -0.2) is 0 Å². The summed E-state index contributed by atoms with van der Waals surface area (Å²) in [5, 5.41) is 13.3. The molecule has 2 aromatic rings. The fourth-order valence-corrected chi connectivity index (χ4v) is 2.53. The molecule has 0 bridgehead atoms. The first-order valence-corrected chi connectivity index (χ1v) is 7.30. The zero-order valence-corrected chi connectivity index (χ0v) is 12.1. The molecular weight excluding hydrogens is 276 g/mol. The van der Waals surface area contributed by atoms with Crippen LogP contribution in [-0.4, -0.2) is 34.4 Å². The van der Waals surface area contributed by atoms with Gasteiger partial charge in [0.05, 0.1) is 5.69 Å². The third-order valence-corrected chi connectivity index (χ3v) is 3.71. The van der Waals surface area contributed by atoms with Crippen LogP contribution in [0.4, 0.5) is 0 Å². The average molecular weight is 292 g/mol. The van der Waals surface area contributed by atoms with E-state index in [-0.39, 0.29) is 0 Å². The molecule has 0 aliphatic heterocycles. The number of likely N-dealkylation sites (N-methyl/N-ethyl adjacent to an activating group) is 1. The van der Waals surface area contributed by atoms with Crippen LogP contribution in [0, 0.1) is 0 Å². The van der Waals surface area contributed by atoms with Crippen LogP contribution in [0.25, 0.3) is 0 Å². The highest BCUT2D eigenvalue weighted by atomic mass is 32.2. The Morgan fingerprint density at radius 3 is 2.90 bits per heavy atom. The number of rotatable bonds is 6. The zero-order valence-electron chi connectivity index (χ0n) is 11.3. The van der Waals surface area contributed by atoms with Gasteiger partial charge in [-0.1, -0.05) is 17.3 Å². The lowest BCUT2D eigenvalue weighted by atomic mass is 10.1. The first-order valence-electron chi connectivity index (χ1n) is 6.08. The van der Waals surface area contributed by atoms with Crippen LogP contribution < -0.4 is 0 Å². The van der Waals surface area contributed by atoms with Crippen LogP contribution in [0.5, 0.6) is 0 Å². The van der Waals surface area contributed by atoms with Crippen molar-refractivity contribution in [2.75, 3.05) is 13.3 Å². The zero-order chi connectivity index (χ0) is 14.5. The molecule has 0 unspecified atom stereocenters. The molecule has 106 valence electrons. The molecule has 5 nitrogen and oxygen atoms in total. The van der Waals surface area contributed by atoms with Crippen molar-refractivity contribution in [3.63, 3.8) is 0 Å². The summed E-state index contributed by atoms with van der Waals surface area (Å²) in [6, 6.07) is 8.60. The third-order valence-electron chi connectivity index (χ3n) is 2.99. The van der Waals surface area contributed by atoms with Gasteiger partial charge in [-0.2, -0.15) is 0 Å². The maximum absolute atomic E-state index is 11.6. The average Bonchev–Trinajstić information content (AvgIpc) is 2.91. The van der Waals surface area contributed by atoms with Gasteiger partial charge in [-0.15, -0.1) is 11.8 Å². The van der Waals surface area contributed by atoms with Gasteiger partial charge < -0.3 is 9.63 Å². The second-order valence-electron chi connectivity index (χ2n) is 4.42. The van der Waals surface area contributed by atoms with E-state index in [1.165, 1.54) is 6.26 Å². The second kappa shape index (κ2) is 6.58. The van der Waals surface area contributed by atoms with Crippen LogP contribution in [0.2, 0.25) is 0 Å². The van der Waals surface area contributed by atoms with Crippen molar-refractivity contribution in [1.29, 1.82) is 0 Å². The third kappa shape index (κ3) is 3.40. The van der Waals surface area contributed by atoms with E-state index in [9.17, 15) is 9.90 Å². The largest absolute Gasteiger partial charge is 0.480 e. The summed E-state index contributed by atoms with van der Waals surface area (Å²) in [7, 11) is 1.76. The van der Waals surface area contributed by atoms with Gasteiger partial charge >= 0.3 is 5.97 Å². The van der Waals surface area contributed by atoms with Crippen molar-refractivity contribution in [1.82, 2.24) is 10.1 Å². The van der Waals surface area contributed by atoms with Crippen LogP contribution in [0.15, 0.2) is 46.0 Å². The number of hydrogen-bond acceptors (Lipinski definition) is 5. The number of benzene rings is 1. The fraction of sp³-hybridized carbons (Fsp3) is 0.286. The maximum Gasteiger partial charge on any atom is 0.325 e. The van der Waals surface area contributed by atoms with Crippen molar-refractivity contribution in [2.24, 2.45) is 0 Å².